The van der Waals surface area contributed by atoms with Gasteiger partial charge in [0.1, 0.15) is 0 Å². The van der Waals surface area contributed by atoms with Crippen LogP contribution in [0.4, 0.5) is 8.78 Å². The Morgan fingerprint density at radius 1 is 1.60 bits per heavy atom. The van der Waals surface area contributed by atoms with Crippen LogP contribution < -0.4 is 5.73 Å². The van der Waals surface area contributed by atoms with Crippen molar-refractivity contribution in [3.63, 3.8) is 0 Å². The van der Waals surface area contributed by atoms with Gasteiger partial charge in [-0.3, -0.25) is 0 Å². The monoisotopic (exact) mass is 147 g/mol. The lowest BCUT2D eigenvalue weighted by atomic mass is 10.0. The summed E-state index contributed by atoms with van der Waals surface area (Å²) in [6.07, 6.45) is 0.819. The third-order valence-corrected chi connectivity index (χ3v) is 1.95. The highest BCUT2D eigenvalue weighted by Crippen LogP contribution is 2.48. The van der Waals surface area contributed by atoms with Crippen LogP contribution in [-0.2, 0) is 0 Å². The van der Waals surface area contributed by atoms with E-state index in [9.17, 15) is 8.78 Å². The van der Waals surface area contributed by atoms with Crippen molar-refractivity contribution in [3.05, 3.63) is 12.2 Å². The van der Waals surface area contributed by atoms with Gasteiger partial charge in [0, 0.05) is 0 Å². The fraction of sp³-hybridized carbons (Fsp3) is 0.714. The van der Waals surface area contributed by atoms with Crippen molar-refractivity contribution in [2.45, 2.75) is 31.2 Å². The van der Waals surface area contributed by atoms with Crippen LogP contribution in [0.5, 0.6) is 0 Å². The molecule has 0 aromatic carbocycles. The van der Waals surface area contributed by atoms with Crippen molar-refractivity contribution in [2.24, 2.45) is 5.73 Å². The summed E-state index contributed by atoms with van der Waals surface area (Å²) in [6, 6.07) is 0. The molecule has 2 N–H and O–H groups in total. The van der Waals surface area contributed by atoms with E-state index in [2.05, 4.69) is 6.58 Å². The molecule has 58 valence electrons. The first-order chi connectivity index (χ1) is 4.40. The Morgan fingerprint density at radius 2 is 2.00 bits per heavy atom. The molecule has 1 aliphatic rings. The van der Waals surface area contributed by atoms with Crippen molar-refractivity contribution in [2.75, 3.05) is 0 Å². The first-order valence-corrected chi connectivity index (χ1v) is 3.23. The molecule has 0 amide bonds. The highest BCUT2D eigenvalue weighted by Gasteiger charge is 2.59. The lowest BCUT2D eigenvalue weighted by molar-refractivity contribution is 0.00345. The summed E-state index contributed by atoms with van der Waals surface area (Å²) >= 11 is 0. The number of halogens is 2. The van der Waals surface area contributed by atoms with E-state index in [4.69, 9.17) is 5.73 Å². The maximum Gasteiger partial charge on any atom is 0.286 e. The predicted octanol–water partition coefficient (Wildman–Crippen LogP) is 1.69. The number of rotatable bonds is 2. The van der Waals surface area contributed by atoms with Gasteiger partial charge >= 0.3 is 0 Å². The molecule has 10 heavy (non-hydrogen) atoms. The smallest absolute Gasteiger partial charge is 0.286 e. The highest BCUT2D eigenvalue weighted by molar-refractivity contribution is 5.22. The summed E-state index contributed by atoms with van der Waals surface area (Å²) in [4.78, 5) is 0. The Balaban J connectivity index is 2.77. The molecule has 0 atom stereocenters. The average molecular weight is 147 g/mol. The van der Waals surface area contributed by atoms with Crippen molar-refractivity contribution in [1.82, 2.24) is 0 Å². The van der Waals surface area contributed by atoms with Gasteiger partial charge in [-0.05, 0) is 25.3 Å². The Kier molecular flexibility index (Phi) is 1.37. The molecule has 1 nitrogen and oxygen atoms in total. The quantitative estimate of drug-likeness (QED) is 0.591. The summed E-state index contributed by atoms with van der Waals surface area (Å²) in [7, 11) is 0. The van der Waals surface area contributed by atoms with E-state index in [0.717, 1.165) is 0 Å². The SMILES string of the molecule is C=C(C)C(F)(F)C1(N)CC1. The minimum atomic E-state index is -2.87. The lowest BCUT2D eigenvalue weighted by Gasteiger charge is -2.22. The normalized spacial score (nSPS) is 22.4. The maximum absolute atomic E-state index is 12.9. The highest BCUT2D eigenvalue weighted by atomic mass is 19.3. The molecule has 1 fully saturated rings. The van der Waals surface area contributed by atoms with Crippen LogP contribution in [0.1, 0.15) is 19.8 Å². The van der Waals surface area contributed by atoms with E-state index in [1.807, 2.05) is 0 Å². The largest absolute Gasteiger partial charge is 0.320 e. The number of hydrogen-bond donors (Lipinski definition) is 1. The van der Waals surface area contributed by atoms with Crippen LogP contribution >= 0.6 is 0 Å². The van der Waals surface area contributed by atoms with E-state index in [-0.39, 0.29) is 5.57 Å². The molecule has 0 unspecified atom stereocenters. The van der Waals surface area contributed by atoms with Crippen molar-refractivity contribution in [1.29, 1.82) is 0 Å². The molecule has 1 rings (SSSR count). The van der Waals surface area contributed by atoms with E-state index < -0.39 is 11.5 Å². The summed E-state index contributed by atoms with van der Waals surface area (Å²) in [5, 5.41) is 0. The molecule has 0 heterocycles. The molecule has 0 aromatic rings. The first-order valence-electron chi connectivity index (χ1n) is 3.23. The zero-order valence-corrected chi connectivity index (χ0v) is 5.95. The Morgan fingerprint density at radius 3 is 2.10 bits per heavy atom. The van der Waals surface area contributed by atoms with Crippen LogP contribution in [0.15, 0.2) is 12.2 Å². The molecular weight excluding hydrogens is 136 g/mol. The van der Waals surface area contributed by atoms with Crippen LogP contribution in [0.25, 0.3) is 0 Å². The Hall–Kier alpha value is -0.440. The molecule has 3 heteroatoms. The molecule has 0 spiro atoms. The lowest BCUT2D eigenvalue weighted by Crippen LogP contribution is -2.44. The maximum atomic E-state index is 12.9. The second kappa shape index (κ2) is 1.78. The van der Waals surface area contributed by atoms with E-state index in [0.29, 0.717) is 12.8 Å². The second-order valence-corrected chi connectivity index (χ2v) is 3.01. The number of alkyl halides is 2. The third kappa shape index (κ3) is 0.850. The number of nitrogens with two attached hydrogens (primary N) is 1. The summed E-state index contributed by atoms with van der Waals surface area (Å²) < 4.78 is 25.8. The summed E-state index contributed by atoms with van der Waals surface area (Å²) in [5.74, 6) is -2.87. The molecular formula is C7H11F2N. The van der Waals surface area contributed by atoms with Crippen molar-refractivity contribution < 1.29 is 8.78 Å². The minimum absolute atomic E-state index is 0.132. The standard InChI is InChI=1S/C7H11F2N/c1-5(2)7(8,9)6(10)3-4-6/h1,3-4,10H2,2H3. The summed E-state index contributed by atoms with van der Waals surface area (Å²) in [6.45, 7) is 4.52. The van der Waals surface area contributed by atoms with Gasteiger partial charge in [0.2, 0.25) is 0 Å². The molecule has 0 aromatic heterocycles. The van der Waals surface area contributed by atoms with E-state index >= 15 is 0 Å². The molecule has 0 radical (unpaired) electrons. The predicted molar refractivity (Wildman–Crippen MR) is 35.9 cm³/mol. The van der Waals surface area contributed by atoms with Crippen LogP contribution in [-0.4, -0.2) is 11.5 Å². The fourth-order valence-electron chi connectivity index (χ4n) is 0.874. The first kappa shape index (κ1) is 7.66. The van der Waals surface area contributed by atoms with Crippen molar-refractivity contribution >= 4 is 0 Å². The van der Waals surface area contributed by atoms with Crippen LogP contribution in [0.2, 0.25) is 0 Å². The molecule has 0 bridgehead atoms. The molecule has 1 aliphatic carbocycles. The average Bonchev–Trinajstić information content (AvgIpc) is 2.48. The zero-order chi connectivity index (χ0) is 7.99. The Bertz CT molecular complexity index is 170. The second-order valence-electron chi connectivity index (χ2n) is 3.01. The van der Waals surface area contributed by atoms with Gasteiger partial charge in [-0.15, -0.1) is 0 Å². The van der Waals surface area contributed by atoms with Crippen molar-refractivity contribution in [3.8, 4) is 0 Å². The zero-order valence-electron chi connectivity index (χ0n) is 5.95. The molecule has 0 aliphatic heterocycles. The summed E-state index contributed by atoms with van der Waals surface area (Å²) in [5.41, 5.74) is 3.92. The fourth-order valence-corrected chi connectivity index (χ4v) is 0.874. The minimum Gasteiger partial charge on any atom is -0.320 e. The molecule has 0 saturated heterocycles. The van der Waals surface area contributed by atoms with Gasteiger partial charge in [-0.1, -0.05) is 6.58 Å². The van der Waals surface area contributed by atoms with Crippen LogP contribution in [0.3, 0.4) is 0 Å². The van der Waals surface area contributed by atoms with E-state index in [1.54, 1.807) is 0 Å². The van der Waals surface area contributed by atoms with E-state index in [1.165, 1.54) is 6.92 Å². The number of hydrogen-bond acceptors (Lipinski definition) is 1. The van der Waals surface area contributed by atoms with Gasteiger partial charge in [0.25, 0.3) is 5.92 Å². The van der Waals surface area contributed by atoms with Gasteiger partial charge in [-0.25, -0.2) is 0 Å². The topological polar surface area (TPSA) is 26.0 Å². The molecule has 1 saturated carbocycles. The van der Waals surface area contributed by atoms with Gasteiger partial charge in [0.15, 0.2) is 0 Å². The van der Waals surface area contributed by atoms with Gasteiger partial charge < -0.3 is 5.73 Å². The third-order valence-electron chi connectivity index (χ3n) is 1.95. The van der Waals surface area contributed by atoms with Gasteiger partial charge in [-0.2, -0.15) is 8.78 Å². The Labute approximate surface area is 58.9 Å². The van der Waals surface area contributed by atoms with Crippen LogP contribution in [0, 0.1) is 0 Å². The van der Waals surface area contributed by atoms with Gasteiger partial charge in [0.05, 0.1) is 5.54 Å².